The summed E-state index contributed by atoms with van der Waals surface area (Å²) in [5.74, 6) is -0.541. The van der Waals surface area contributed by atoms with Crippen LogP contribution >= 0.6 is 0 Å². The van der Waals surface area contributed by atoms with Crippen LogP contribution in [-0.4, -0.2) is 33.3 Å². The Morgan fingerprint density at radius 1 is 1.56 bits per heavy atom. The third-order valence-corrected chi connectivity index (χ3v) is 2.91. The van der Waals surface area contributed by atoms with Crippen molar-refractivity contribution in [2.45, 2.75) is 24.9 Å². The highest BCUT2D eigenvalue weighted by molar-refractivity contribution is 5.96. The van der Waals surface area contributed by atoms with Gasteiger partial charge in [0.15, 0.2) is 0 Å². The van der Waals surface area contributed by atoms with Crippen molar-refractivity contribution in [3.8, 4) is 5.75 Å². The number of carbonyl (C=O) groups is 1. The number of aliphatic hydroxyl groups is 1. The van der Waals surface area contributed by atoms with E-state index in [1.165, 1.54) is 18.5 Å². The third-order valence-electron chi connectivity index (χ3n) is 2.91. The molecule has 0 bridgehead atoms. The van der Waals surface area contributed by atoms with Crippen LogP contribution in [0.4, 0.5) is 0 Å². The van der Waals surface area contributed by atoms with Crippen molar-refractivity contribution >= 4 is 5.91 Å². The summed E-state index contributed by atoms with van der Waals surface area (Å²) in [7, 11) is 0. The molecule has 0 radical (unpaired) electrons. The fourth-order valence-corrected chi connectivity index (χ4v) is 1.68. The molecule has 16 heavy (non-hydrogen) atoms. The minimum atomic E-state index is -0.752. The number of rotatable bonds is 3. The molecule has 5 heteroatoms. The lowest BCUT2D eigenvalue weighted by Gasteiger charge is -2.36. The predicted molar refractivity (Wildman–Crippen MR) is 57.0 cm³/mol. The van der Waals surface area contributed by atoms with Gasteiger partial charge in [-0.25, -0.2) is 0 Å². The molecule has 1 aromatic heterocycles. The second kappa shape index (κ2) is 4.09. The average Bonchev–Trinajstić information content (AvgIpc) is 2.24. The normalized spacial score (nSPS) is 17.6. The Bertz CT molecular complexity index is 402. The molecule has 0 aliphatic heterocycles. The first-order chi connectivity index (χ1) is 7.61. The molecular formula is C11H14N2O3. The summed E-state index contributed by atoms with van der Waals surface area (Å²) in [5.41, 5.74) is -0.573. The molecule has 1 aliphatic rings. The number of nitrogens with zero attached hydrogens (tertiary/aromatic N) is 1. The molecule has 0 spiro atoms. The highest BCUT2D eigenvalue weighted by Gasteiger charge is 2.34. The van der Waals surface area contributed by atoms with Crippen LogP contribution in [0.5, 0.6) is 5.75 Å². The van der Waals surface area contributed by atoms with Crippen molar-refractivity contribution in [2.75, 3.05) is 6.54 Å². The number of aromatic nitrogens is 1. The second-order valence-corrected chi connectivity index (χ2v) is 4.15. The number of hydrogen-bond donors (Lipinski definition) is 3. The number of nitrogens with one attached hydrogen (secondary N) is 1. The second-order valence-electron chi connectivity index (χ2n) is 4.15. The first-order valence-electron chi connectivity index (χ1n) is 5.24. The van der Waals surface area contributed by atoms with E-state index in [1.807, 2.05) is 0 Å². The van der Waals surface area contributed by atoms with E-state index in [4.69, 9.17) is 0 Å². The van der Waals surface area contributed by atoms with Gasteiger partial charge in [-0.1, -0.05) is 0 Å². The van der Waals surface area contributed by atoms with Crippen molar-refractivity contribution in [1.29, 1.82) is 0 Å². The van der Waals surface area contributed by atoms with Gasteiger partial charge in [0.05, 0.1) is 17.4 Å². The van der Waals surface area contributed by atoms with Gasteiger partial charge in [-0.15, -0.1) is 0 Å². The summed E-state index contributed by atoms with van der Waals surface area (Å²) in [5, 5.41) is 21.8. The van der Waals surface area contributed by atoms with E-state index in [0.717, 1.165) is 19.3 Å². The van der Waals surface area contributed by atoms with Gasteiger partial charge < -0.3 is 15.5 Å². The summed E-state index contributed by atoms with van der Waals surface area (Å²) in [6.07, 6.45) is 5.08. The Morgan fingerprint density at radius 3 is 2.88 bits per heavy atom. The van der Waals surface area contributed by atoms with Crippen molar-refractivity contribution in [3.05, 3.63) is 24.0 Å². The van der Waals surface area contributed by atoms with Gasteiger partial charge >= 0.3 is 0 Å². The van der Waals surface area contributed by atoms with Crippen molar-refractivity contribution in [3.63, 3.8) is 0 Å². The fraction of sp³-hybridized carbons (Fsp3) is 0.455. The van der Waals surface area contributed by atoms with Crippen LogP contribution in [0.3, 0.4) is 0 Å². The van der Waals surface area contributed by atoms with E-state index in [-0.39, 0.29) is 23.8 Å². The largest absolute Gasteiger partial charge is 0.505 e. The molecule has 1 aliphatic carbocycles. The molecule has 3 N–H and O–H groups in total. The third kappa shape index (κ3) is 2.14. The average molecular weight is 222 g/mol. The van der Waals surface area contributed by atoms with Gasteiger partial charge in [0.25, 0.3) is 5.91 Å². The van der Waals surface area contributed by atoms with Crippen molar-refractivity contribution in [1.82, 2.24) is 10.3 Å². The van der Waals surface area contributed by atoms with E-state index in [2.05, 4.69) is 10.3 Å². The van der Waals surface area contributed by atoms with Crippen LogP contribution in [0.15, 0.2) is 18.5 Å². The van der Waals surface area contributed by atoms with Gasteiger partial charge in [0.1, 0.15) is 5.75 Å². The molecule has 0 atom stereocenters. The van der Waals surface area contributed by atoms with Gasteiger partial charge in [0.2, 0.25) is 0 Å². The lowest BCUT2D eigenvalue weighted by molar-refractivity contribution is -0.0300. The van der Waals surface area contributed by atoms with Crippen LogP contribution in [0.25, 0.3) is 0 Å². The van der Waals surface area contributed by atoms with Gasteiger partial charge in [0, 0.05) is 12.7 Å². The lowest BCUT2D eigenvalue weighted by atomic mass is 9.80. The summed E-state index contributed by atoms with van der Waals surface area (Å²) in [6.45, 7) is 0.230. The molecular weight excluding hydrogens is 208 g/mol. The van der Waals surface area contributed by atoms with Crippen LogP contribution in [0.2, 0.25) is 0 Å². The molecule has 0 unspecified atom stereocenters. The highest BCUT2D eigenvalue weighted by atomic mass is 16.3. The molecule has 86 valence electrons. The summed E-state index contributed by atoms with van der Waals surface area (Å²) in [4.78, 5) is 15.3. The van der Waals surface area contributed by atoms with E-state index >= 15 is 0 Å². The summed E-state index contributed by atoms with van der Waals surface area (Å²) >= 11 is 0. The number of hydrogen-bond acceptors (Lipinski definition) is 4. The quantitative estimate of drug-likeness (QED) is 0.692. The Labute approximate surface area is 93.1 Å². The first-order valence-corrected chi connectivity index (χ1v) is 5.24. The van der Waals surface area contributed by atoms with Crippen molar-refractivity contribution < 1.29 is 15.0 Å². The number of aromatic hydroxyl groups is 1. The minimum Gasteiger partial charge on any atom is -0.505 e. The van der Waals surface area contributed by atoms with Crippen LogP contribution in [-0.2, 0) is 0 Å². The SMILES string of the molecule is O=C(NCC1(O)CCC1)c1ccncc1O. The Morgan fingerprint density at radius 2 is 2.31 bits per heavy atom. The highest BCUT2D eigenvalue weighted by Crippen LogP contribution is 2.30. The Balaban J connectivity index is 1.96. The molecule has 1 amide bonds. The van der Waals surface area contributed by atoms with E-state index in [1.54, 1.807) is 0 Å². The maximum absolute atomic E-state index is 11.6. The molecule has 1 fully saturated rings. The topological polar surface area (TPSA) is 82.5 Å². The molecule has 0 saturated heterocycles. The van der Waals surface area contributed by atoms with Gasteiger partial charge in [-0.2, -0.15) is 0 Å². The smallest absolute Gasteiger partial charge is 0.255 e. The standard InChI is InChI=1S/C11H14N2O3/c14-9-6-12-5-2-8(9)10(15)13-7-11(16)3-1-4-11/h2,5-6,14,16H,1,3-4,7H2,(H,13,15). The van der Waals surface area contributed by atoms with Gasteiger partial charge in [-0.05, 0) is 25.3 Å². The lowest BCUT2D eigenvalue weighted by Crippen LogP contribution is -2.47. The maximum Gasteiger partial charge on any atom is 0.255 e. The first kappa shape index (κ1) is 10.9. The van der Waals surface area contributed by atoms with E-state index in [0.29, 0.717) is 0 Å². The summed E-state index contributed by atoms with van der Waals surface area (Å²) < 4.78 is 0. The van der Waals surface area contributed by atoms with Gasteiger partial charge in [-0.3, -0.25) is 9.78 Å². The fourth-order valence-electron chi connectivity index (χ4n) is 1.68. The zero-order valence-electron chi connectivity index (χ0n) is 8.81. The zero-order chi connectivity index (χ0) is 11.6. The number of pyridine rings is 1. The van der Waals surface area contributed by atoms with E-state index in [9.17, 15) is 15.0 Å². The number of carbonyl (C=O) groups excluding carboxylic acids is 1. The molecule has 1 saturated carbocycles. The Kier molecular flexibility index (Phi) is 2.78. The minimum absolute atomic E-state index is 0.152. The monoisotopic (exact) mass is 222 g/mol. The van der Waals surface area contributed by atoms with Crippen LogP contribution < -0.4 is 5.32 Å². The number of amides is 1. The predicted octanol–water partition coefficient (Wildman–Crippen LogP) is 0.432. The van der Waals surface area contributed by atoms with Crippen molar-refractivity contribution in [2.24, 2.45) is 0 Å². The van der Waals surface area contributed by atoms with E-state index < -0.39 is 5.60 Å². The molecule has 5 nitrogen and oxygen atoms in total. The molecule has 1 heterocycles. The summed E-state index contributed by atoms with van der Waals surface area (Å²) in [6, 6.07) is 1.44. The zero-order valence-corrected chi connectivity index (χ0v) is 8.81. The molecule has 1 aromatic rings. The molecule has 2 rings (SSSR count). The van der Waals surface area contributed by atoms with Crippen LogP contribution in [0, 0.1) is 0 Å². The molecule has 0 aromatic carbocycles. The Hall–Kier alpha value is -1.62. The van der Waals surface area contributed by atoms with Crippen LogP contribution in [0.1, 0.15) is 29.6 Å². The maximum atomic E-state index is 11.6.